The molecule has 114 valence electrons. The predicted molar refractivity (Wildman–Crippen MR) is 77.3 cm³/mol. The Morgan fingerprint density at radius 2 is 2.10 bits per heavy atom. The number of benzene rings is 1. The normalized spacial score (nSPS) is 17.6. The molecule has 0 saturated carbocycles. The Balaban J connectivity index is 1.77. The molecule has 6 nitrogen and oxygen atoms in total. The Bertz CT molecular complexity index is 523. The minimum absolute atomic E-state index is 0.126. The third-order valence-corrected chi connectivity index (χ3v) is 3.49. The van der Waals surface area contributed by atoms with Gasteiger partial charge in [-0.2, -0.15) is 0 Å². The number of carbonyl (C=O) groups is 2. The van der Waals surface area contributed by atoms with Gasteiger partial charge in [0.15, 0.2) is 0 Å². The van der Waals surface area contributed by atoms with Gasteiger partial charge in [-0.1, -0.05) is 12.1 Å². The lowest BCUT2D eigenvalue weighted by molar-refractivity contribution is -0.120. The summed E-state index contributed by atoms with van der Waals surface area (Å²) in [6.07, 6.45) is 0.887. The summed E-state index contributed by atoms with van der Waals surface area (Å²) in [4.78, 5) is 23.9. The molecule has 1 fully saturated rings. The van der Waals surface area contributed by atoms with Crippen LogP contribution in [0, 0.1) is 11.7 Å². The third kappa shape index (κ3) is 4.34. The smallest absolute Gasteiger partial charge is 0.312 e. The fraction of sp³-hybridized carbons (Fsp3) is 0.429. The van der Waals surface area contributed by atoms with Gasteiger partial charge in [0.1, 0.15) is 5.82 Å². The van der Waals surface area contributed by atoms with Crippen molar-refractivity contribution < 1.29 is 14.0 Å². The highest BCUT2D eigenvalue weighted by atomic mass is 19.1. The number of rotatable bonds is 5. The predicted octanol–water partition coefficient (Wildman–Crippen LogP) is 0.437. The lowest BCUT2D eigenvalue weighted by Gasteiger charge is -2.19. The average Bonchev–Trinajstić information content (AvgIpc) is 2.92. The van der Waals surface area contributed by atoms with Crippen LogP contribution in [0.25, 0.3) is 0 Å². The summed E-state index contributed by atoms with van der Waals surface area (Å²) < 4.78 is 13.7. The highest BCUT2D eigenvalue weighted by Gasteiger charge is 2.24. The van der Waals surface area contributed by atoms with Crippen molar-refractivity contribution in [2.45, 2.75) is 6.42 Å². The fourth-order valence-electron chi connectivity index (χ4n) is 2.41. The number of hydrogen-bond acceptors (Lipinski definition) is 3. The summed E-state index contributed by atoms with van der Waals surface area (Å²) >= 11 is 0. The van der Waals surface area contributed by atoms with Crippen LogP contribution in [0.2, 0.25) is 0 Å². The van der Waals surface area contributed by atoms with Crippen LogP contribution < -0.4 is 21.3 Å². The molecule has 4 N–H and O–H groups in total. The van der Waals surface area contributed by atoms with Gasteiger partial charge in [-0.3, -0.25) is 4.79 Å². The van der Waals surface area contributed by atoms with Crippen molar-refractivity contribution in [2.75, 3.05) is 31.1 Å². The van der Waals surface area contributed by atoms with Crippen molar-refractivity contribution in [3.05, 3.63) is 30.1 Å². The van der Waals surface area contributed by atoms with E-state index in [-0.39, 0.29) is 24.2 Å². The van der Waals surface area contributed by atoms with Crippen LogP contribution in [-0.2, 0) is 4.79 Å². The Hall–Kier alpha value is -2.31. The highest BCUT2D eigenvalue weighted by molar-refractivity contribution is 5.83. The van der Waals surface area contributed by atoms with Crippen molar-refractivity contribution in [2.24, 2.45) is 11.7 Å². The number of hydrogen-bond donors (Lipinski definition) is 3. The van der Waals surface area contributed by atoms with Crippen LogP contribution in [0.15, 0.2) is 24.3 Å². The molecule has 2 rings (SSSR count). The van der Waals surface area contributed by atoms with Crippen LogP contribution >= 0.6 is 0 Å². The largest absolute Gasteiger partial charge is 0.369 e. The first-order chi connectivity index (χ1) is 10.1. The van der Waals surface area contributed by atoms with Crippen molar-refractivity contribution in [1.82, 2.24) is 10.6 Å². The molecule has 7 heteroatoms. The number of urea groups is 1. The molecule has 1 unspecified atom stereocenters. The molecule has 21 heavy (non-hydrogen) atoms. The maximum atomic E-state index is 13.7. The summed E-state index contributed by atoms with van der Waals surface area (Å²) in [5, 5.41) is 4.97. The lowest BCUT2D eigenvalue weighted by atomic mass is 10.1. The first kappa shape index (κ1) is 15.1. The molecule has 1 aromatic rings. The van der Waals surface area contributed by atoms with Crippen LogP contribution in [0.3, 0.4) is 0 Å². The molecule has 0 bridgehead atoms. The summed E-state index contributed by atoms with van der Waals surface area (Å²) in [7, 11) is 0. The van der Waals surface area contributed by atoms with Crippen molar-refractivity contribution in [3.8, 4) is 0 Å². The standard InChI is InChI=1S/C14H19FN4O2/c15-11-3-1-2-4-12(11)19-6-5-10(9-19)7-17-13(20)8-18-14(16)21/h1-4,10H,5-9H2,(H,17,20)(H3,16,18,21). The summed E-state index contributed by atoms with van der Waals surface area (Å²) in [6.45, 7) is 1.84. The maximum Gasteiger partial charge on any atom is 0.312 e. The molecule has 1 atom stereocenters. The van der Waals surface area contributed by atoms with Gasteiger partial charge >= 0.3 is 6.03 Å². The lowest BCUT2D eigenvalue weighted by Crippen LogP contribution is -2.41. The van der Waals surface area contributed by atoms with E-state index in [0.717, 1.165) is 13.0 Å². The van der Waals surface area contributed by atoms with E-state index in [1.54, 1.807) is 12.1 Å². The van der Waals surface area contributed by atoms with Gasteiger partial charge < -0.3 is 21.3 Å². The topological polar surface area (TPSA) is 87.5 Å². The van der Waals surface area contributed by atoms with E-state index < -0.39 is 6.03 Å². The van der Waals surface area contributed by atoms with Gasteiger partial charge in [-0.15, -0.1) is 0 Å². The van der Waals surface area contributed by atoms with Crippen LogP contribution in [-0.4, -0.2) is 38.1 Å². The van der Waals surface area contributed by atoms with E-state index in [1.165, 1.54) is 6.07 Å². The fourth-order valence-corrected chi connectivity index (χ4v) is 2.41. The SMILES string of the molecule is NC(=O)NCC(=O)NCC1CCN(c2ccccc2F)C1. The molecule has 1 aliphatic heterocycles. The molecule has 1 heterocycles. The zero-order chi connectivity index (χ0) is 15.2. The maximum absolute atomic E-state index is 13.7. The molecule has 1 aliphatic rings. The van der Waals surface area contributed by atoms with Gasteiger partial charge in [-0.05, 0) is 24.5 Å². The summed E-state index contributed by atoms with van der Waals surface area (Å²) in [5.74, 6) is -0.242. The number of halogens is 1. The average molecular weight is 294 g/mol. The molecule has 1 saturated heterocycles. The van der Waals surface area contributed by atoms with Crippen molar-refractivity contribution in [3.63, 3.8) is 0 Å². The molecule has 1 aromatic carbocycles. The molecule has 0 radical (unpaired) electrons. The number of carbonyl (C=O) groups excluding carboxylic acids is 2. The van der Waals surface area contributed by atoms with Gasteiger partial charge in [-0.25, -0.2) is 9.18 Å². The number of primary amides is 1. The van der Waals surface area contributed by atoms with E-state index in [9.17, 15) is 14.0 Å². The summed E-state index contributed by atoms with van der Waals surface area (Å²) in [6, 6.07) is 5.95. The van der Waals surface area contributed by atoms with Gasteiger partial charge in [0.05, 0.1) is 12.2 Å². The van der Waals surface area contributed by atoms with Crippen molar-refractivity contribution >= 4 is 17.6 Å². The van der Waals surface area contributed by atoms with E-state index in [1.807, 2.05) is 11.0 Å². The van der Waals surface area contributed by atoms with Gasteiger partial charge in [0.2, 0.25) is 5.91 Å². The zero-order valence-electron chi connectivity index (χ0n) is 11.6. The number of nitrogens with one attached hydrogen (secondary N) is 2. The minimum Gasteiger partial charge on any atom is -0.369 e. The van der Waals surface area contributed by atoms with E-state index in [2.05, 4.69) is 10.6 Å². The van der Waals surface area contributed by atoms with E-state index >= 15 is 0 Å². The molecular formula is C14H19FN4O2. The monoisotopic (exact) mass is 294 g/mol. The Labute approximate surface area is 122 Å². The molecule has 0 spiro atoms. The number of nitrogens with two attached hydrogens (primary N) is 1. The second-order valence-electron chi connectivity index (χ2n) is 5.07. The molecule has 0 aromatic heterocycles. The van der Waals surface area contributed by atoms with Gasteiger partial charge in [0, 0.05) is 19.6 Å². The highest BCUT2D eigenvalue weighted by Crippen LogP contribution is 2.25. The van der Waals surface area contributed by atoms with Crippen molar-refractivity contribution in [1.29, 1.82) is 0 Å². The quantitative estimate of drug-likeness (QED) is 0.736. The van der Waals surface area contributed by atoms with Gasteiger partial charge in [0.25, 0.3) is 0 Å². The first-order valence-corrected chi connectivity index (χ1v) is 6.85. The minimum atomic E-state index is -0.725. The number of amides is 3. The molecule has 0 aliphatic carbocycles. The summed E-state index contributed by atoms with van der Waals surface area (Å²) in [5.41, 5.74) is 5.48. The number of para-hydroxylation sites is 1. The second-order valence-corrected chi connectivity index (χ2v) is 5.07. The second kappa shape index (κ2) is 6.92. The van der Waals surface area contributed by atoms with E-state index in [4.69, 9.17) is 5.73 Å². The van der Waals surface area contributed by atoms with Crippen LogP contribution in [0.4, 0.5) is 14.9 Å². The number of anilines is 1. The first-order valence-electron chi connectivity index (χ1n) is 6.85. The van der Waals surface area contributed by atoms with E-state index in [0.29, 0.717) is 18.8 Å². The van der Waals surface area contributed by atoms with Crippen LogP contribution in [0.1, 0.15) is 6.42 Å². The number of nitrogens with zero attached hydrogens (tertiary/aromatic N) is 1. The Morgan fingerprint density at radius 1 is 1.33 bits per heavy atom. The zero-order valence-corrected chi connectivity index (χ0v) is 11.6. The Kier molecular flexibility index (Phi) is 4.97. The third-order valence-electron chi connectivity index (χ3n) is 3.49. The molecule has 3 amide bonds. The molecular weight excluding hydrogens is 275 g/mol. The Morgan fingerprint density at radius 3 is 2.81 bits per heavy atom. The van der Waals surface area contributed by atoms with Crippen LogP contribution in [0.5, 0.6) is 0 Å².